The van der Waals surface area contributed by atoms with E-state index in [4.69, 9.17) is 0 Å². The Morgan fingerprint density at radius 3 is 1.97 bits per heavy atom. The van der Waals surface area contributed by atoms with Gasteiger partial charge in [0.25, 0.3) is 0 Å². The zero-order chi connectivity index (χ0) is 41.7. The van der Waals surface area contributed by atoms with Gasteiger partial charge in [-0.25, -0.2) is 0 Å². The van der Waals surface area contributed by atoms with Crippen molar-refractivity contribution in [2.24, 2.45) is 0 Å². The fourth-order valence-corrected chi connectivity index (χ4v) is 12.2. The molecule has 1 atom stereocenters. The average molecular weight is 814 g/mol. The molecule has 0 N–H and O–H groups in total. The van der Waals surface area contributed by atoms with Crippen molar-refractivity contribution in [1.29, 1.82) is 0 Å². The van der Waals surface area contributed by atoms with Crippen LogP contribution >= 0.6 is 11.3 Å². The van der Waals surface area contributed by atoms with E-state index >= 15 is 0 Å². The van der Waals surface area contributed by atoms with Gasteiger partial charge in [-0.3, -0.25) is 0 Å². The maximum atomic E-state index is 2.66. The van der Waals surface area contributed by atoms with Crippen LogP contribution in [-0.4, -0.2) is 6.04 Å². The molecule has 1 nitrogen and oxygen atoms in total. The van der Waals surface area contributed by atoms with E-state index in [1.54, 1.807) is 0 Å². The smallest absolute Gasteiger partial charge is 0.0632 e. The van der Waals surface area contributed by atoms with E-state index in [0.29, 0.717) is 0 Å². The Labute approximate surface area is 369 Å². The highest BCUT2D eigenvalue weighted by Gasteiger charge is 2.39. The lowest BCUT2D eigenvalue weighted by Crippen LogP contribution is -2.33. The van der Waals surface area contributed by atoms with Crippen LogP contribution in [0.1, 0.15) is 61.9 Å². The quantitative estimate of drug-likeness (QED) is 0.162. The zero-order valence-corrected chi connectivity index (χ0v) is 36.4. The third kappa shape index (κ3) is 5.52. The van der Waals surface area contributed by atoms with Crippen molar-refractivity contribution in [3.63, 3.8) is 0 Å². The molecule has 1 aromatic heterocycles. The fraction of sp³-hybridized carbons (Fsp3) is 0.133. The van der Waals surface area contributed by atoms with Crippen molar-refractivity contribution in [2.75, 3.05) is 4.90 Å². The summed E-state index contributed by atoms with van der Waals surface area (Å²) in [6.45, 7) is 9.53. The van der Waals surface area contributed by atoms with Gasteiger partial charge in [0.1, 0.15) is 0 Å². The number of hydrogen-bond acceptors (Lipinski definition) is 2. The second-order valence-corrected chi connectivity index (χ2v) is 19.5. The number of para-hydroxylation sites is 1. The standard InChI is InChI=1S/C60H47NS/c1-59(2)51-26-11-6-23-48(51)58-47(24-16-27-52(58)59)45-21-8-13-29-55(45)61(41-18-15-17-38(35-41)39-32-34-57-49(36-39)46-22-9-14-30-56(46)62-57)54-28-12-7-19-42(54)40-31-33-44-43-20-5-10-25-50(43)60(3,4)53(44)37-40/h5-27,29-37,54H,28H2,1-4H3. The summed E-state index contributed by atoms with van der Waals surface area (Å²) in [6, 6.07) is 66.5. The first kappa shape index (κ1) is 37.1. The van der Waals surface area contributed by atoms with Crippen LogP contribution in [0.25, 0.3) is 70.3 Å². The number of allylic oxidation sites excluding steroid dienone is 2. The third-order valence-electron chi connectivity index (χ3n) is 14.3. The maximum absolute atomic E-state index is 2.66. The van der Waals surface area contributed by atoms with Crippen molar-refractivity contribution >= 4 is 48.5 Å². The second-order valence-electron chi connectivity index (χ2n) is 18.4. The molecule has 9 aromatic rings. The minimum absolute atomic E-state index is 0.0325. The molecule has 0 radical (unpaired) electrons. The Kier molecular flexibility index (Phi) is 8.30. The molecule has 0 amide bonds. The van der Waals surface area contributed by atoms with Crippen molar-refractivity contribution in [3.8, 4) is 44.5 Å². The van der Waals surface area contributed by atoms with Crippen LogP contribution in [0.15, 0.2) is 194 Å². The molecule has 3 aliphatic rings. The second kappa shape index (κ2) is 13.9. The molecule has 1 heterocycles. The molecule has 0 bridgehead atoms. The van der Waals surface area contributed by atoms with Gasteiger partial charge in [-0.1, -0.05) is 179 Å². The van der Waals surface area contributed by atoms with E-state index in [0.717, 1.165) is 6.42 Å². The molecule has 0 saturated carbocycles. The summed E-state index contributed by atoms with van der Waals surface area (Å²) >= 11 is 1.87. The van der Waals surface area contributed by atoms with E-state index in [1.165, 1.54) is 109 Å². The molecule has 0 aliphatic heterocycles. The number of thiophene rings is 1. The van der Waals surface area contributed by atoms with Crippen LogP contribution in [0, 0.1) is 0 Å². The molecular formula is C60H47NS. The lowest BCUT2D eigenvalue weighted by Gasteiger charge is -2.38. The van der Waals surface area contributed by atoms with Gasteiger partial charge in [0.2, 0.25) is 0 Å². The van der Waals surface area contributed by atoms with Crippen LogP contribution in [0.2, 0.25) is 0 Å². The van der Waals surface area contributed by atoms with Crippen molar-refractivity contribution < 1.29 is 0 Å². The highest BCUT2D eigenvalue weighted by Crippen LogP contribution is 2.54. The Morgan fingerprint density at radius 1 is 0.468 bits per heavy atom. The predicted molar refractivity (Wildman–Crippen MR) is 266 cm³/mol. The fourth-order valence-electron chi connectivity index (χ4n) is 11.2. The van der Waals surface area contributed by atoms with Gasteiger partial charge in [-0.05, 0) is 121 Å². The monoisotopic (exact) mass is 813 g/mol. The first-order valence-electron chi connectivity index (χ1n) is 22.0. The molecule has 0 saturated heterocycles. The van der Waals surface area contributed by atoms with Gasteiger partial charge >= 0.3 is 0 Å². The highest BCUT2D eigenvalue weighted by atomic mass is 32.1. The number of fused-ring (bicyclic) bond motifs is 9. The lowest BCUT2D eigenvalue weighted by molar-refractivity contribution is 0.660. The molecule has 0 fully saturated rings. The summed E-state index contributed by atoms with van der Waals surface area (Å²) in [6.07, 6.45) is 7.87. The Hall–Kier alpha value is -6.74. The first-order valence-corrected chi connectivity index (χ1v) is 22.8. The van der Waals surface area contributed by atoms with E-state index in [9.17, 15) is 0 Å². The van der Waals surface area contributed by atoms with Gasteiger partial charge in [0.15, 0.2) is 0 Å². The third-order valence-corrected chi connectivity index (χ3v) is 15.4. The molecule has 12 rings (SSSR count). The van der Waals surface area contributed by atoms with E-state index in [2.05, 4.69) is 227 Å². The van der Waals surface area contributed by atoms with E-state index in [1.807, 2.05) is 11.3 Å². The molecule has 62 heavy (non-hydrogen) atoms. The maximum Gasteiger partial charge on any atom is 0.0632 e. The summed E-state index contributed by atoms with van der Waals surface area (Å²) < 4.78 is 2.66. The number of rotatable bonds is 6. The minimum Gasteiger partial charge on any atom is -0.333 e. The summed E-state index contributed by atoms with van der Waals surface area (Å²) in [4.78, 5) is 2.66. The van der Waals surface area contributed by atoms with Crippen LogP contribution in [0.3, 0.4) is 0 Å². The number of hydrogen-bond donors (Lipinski definition) is 0. The zero-order valence-electron chi connectivity index (χ0n) is 35.6. The summed E-state index contributed by atoms with van der Waals surface area (Å²) in [5.74, 6) is 0. The minimum atomic E-state index is -0.0924. The van der Waals surface area contributed by atoms with Crippen molar-refractivity contribution in [3.05, 3.63) is 222 Å². The van der Waals surface area contributed by atoms with Crippen LogP contribution < -0.4 is 4.90 Å². The number of anilines is 2. The SMILES string of the molecule is CC1(C)c2ccccc2-c2ccc(C3=CC=CCC3N(c3cccc(-c4ccc5sc6ccccc6c5c4)c3)c3ccccc3-c3cccc4c3-c3ccccc3C4(C)C)cc21. The Morgan fingerprint density at radius 2 is 1.10 bits per heavy atom. The van der Waals surface area contributed by atoms with E-state index < -0.39 is 0 Å². The molecule has 0 spiro atoms. The van der Waals surface area contributed by atoms with Crippen LogP contribution in [0.4, 0.5) is 11.4 Å². The number of benzene rings is 8. The average Bonchev–Trinajstić information content (AvgIpc) is 3.89. The molecule has 2 heteroatoms. The lowest BCUT2D eigenvalue weighted by atomic mass is 9.80. The van der Waals surface area contributed by atoms with Crippen molar-refractivity contribution in [1.82, 2.24) is 0 Å². The van der Waals surface area contributed by atoms with Gasteiger partial charge in [0, 0.05) is 47.9 Å². The largest absolute Gasteiger partial charge is 0.333 e. The summed E-state index contributed by atoms with van der Waals surface area (Å²) in [5, 5.41) is 2.65. The topological polar surface area (TPSA) is 3.24 Å². The molecular weight excluding hydrogens is 767 g/mol. The summed E-state index contributed by atoms with van der Waals surface area (Å²) in [7, 11) is 0. The van der Waals surface area contributed by atoms with Crippen LogP contribution in [-0.2, 0) is 10.8 Å². The normalized spacial score (nSPS) is 16.5. The van der Waals surface area contributed by atoms with Crippen molar-refractivity contribution in [2.45, 2.75) is 51.0 Å². The summed E-state index contributed by atoms with van der Waals surface area (Å²) in [5.41, 5.74) is 20.8. The van der Waals surface area contributed by atoms with E-state index in [-0.39, 0.29) is 16.9 Å². The predicted octanol–water partition coefficient (Wildman–Crippen LogP) is 16.6. The highest BCUT2D eigenvalue weighted by molar-refractivity contribution is 7.25. The van der Waals surface area contributed by atoms with Gasteiger partial charge in [-0.2, -0.15) is 0 Å². The Balaban J connectivity index is 1.06. The molecule has 3 aliphatic carbocycles. The molecule has 8 aromatic carbocycles. The molecule has 1 unspecified atom stereocenters. The van der Waals surface area contributed by atoms with Gasteiger partial charge in [-0.15, -0.1) is 11.3 Å². The van der Waals surface area contributed by atoms with Gasteiger partial charge < -0.3 is 4.90 Å². The number of nitrogens with zero attached hydrogens (tertiary/aromatic N) is 1. The Bertz CT molecular complexity index is 3350. The van der Waals surface area contributed by atoms with Gasteiger partial charge in [0.05, 0.1) is 6.04 Å². The molecule has 298 valence electrons. The first-order chi connectivity index (χ1) is 30.3. The van der Waals surface area contributed by atoms with Crippen LogP contribution in [0.5, 0.6) is 0 Å².